The molecule has 4 aromatic rings. The Labute approximate surface area is 235 Å². The van der Waals surface area contributed by atoms with Gasteiger partial charge in [-0.2, -0.15) is 26.3 Å². The minimum absolute atomic E-state index is 0.0406. The summed E-state index contributed by atoms with van der Waals surface area (Å²) in [6.07, 6.45) is -5.88. The fraction of sp³-hybridized carbons (Fsp3) is 0.100. The van der Waals surface area contributed by atoms with E-state index in [1.165, 1.54) is 0 Å². The van der Waals surface area contributed by atoms with E-state index in [9.17, 15) is 35.9 Å². The van der Waals surface area contributed by atoms with Crippen molar-refractivity contribution in [1.82, 2.24) is 15.3 Å². The topological polar surface area (TPSA) is 86.9 Å². The first-order valence-corrected chi connectivity index (χ1v) is 12.3. The van der Waals surface area contributed by atoms with E-state index in [2.05, 4.69) is 27.2 Å². The Hall–Kier alpha value is -5.13. The molecule has 42 heavy (non-hydrogen) atoms. The molecule has 1 aromatic heterocycles. The number of halogens is 6. The van der Waals surface area contributed by atoms with E-state index in [-0.39, 0.29) is 11.1 Å². The largest absolute Gasteiger partial charge is 0.416 e. The molecule has 4 rings (SSSR count). The predicted molar refractivity (Wildman–Crippen MR) is 145 cm³/mol. The molecule has 0 spiro atoms. The van der Waals surface area contributed by atoms with Gasteiger partial charge >= 0.3 is 12.4 Å². The molecule has 0 atom stereocenters. The van der Waals surface area contributed by atoms with E-state index in [0.717, 1.165) is 48.5 Å². The van der Waals surface area contributed by atoms with Gasteiger partial charge in [-0.25, -0.2) is 4.98 Å². The molecule has 0 fully saturated rings. The predicted octanol–water partition coefficient (Wildman–Crippen LogP) is 5.89. The Bertz CT molecular complexity index is 1740. The second-order valence-electron chi connectivity index (χ2n) is 8.97. The lowest BCUT2D eigenvalue weighted by Gasteiger charge is -2.09. The normalized spacial score (nSPS) is 12.7. The number of nitrogens with zero attached hydrogens (tertiary/aromatic N) is 1. The molecule has 3 N–H and O–H groups in total. The first-order chi connectivity index (χ1) is 19.7. The van der Waals surface area contributed by atoms with Crippen LogP contribution in [0.1, 0.15) is 38.8 Å². The molecule has 0 saturated carbocycles. The summed E-state index contributed by atoms with van der Waals surface area (Å²) in [5.74, 6) is -0.761. The standard InChI is InChI=1S/C30H22F6N4O2/c1-3-23(38-27(41)19-4-10-21(11-5-19)29(31,32)33)16-25-17(2)37-26(40-25)18-8-14-24(15-9-18)39-28(42)20-6-12-22(13-7-20)30(34,35)36/h3-16H,2H2,1H3,(H,37,40)(H,38,41)(H,39,42)/b23-3+,25-16+. The van der Waals surface area contributed by atoms with Gasteiger partial charge in [-0.3, -0.25) is 9.59 Å². The van der Waals surface area contributed by atoms with Crippen LogP contribution in [0, 0.1) is 0 Å². The van der Waals surface area contributed by atoms with Crippen LogP contribution < -0.4 is 21.3 Å². The molecule has 0 aliphatic heterocycles. The monoisotopic (exact) mass is 584 g/mol. The number of imidazole rings is 1. The number of aromatic nitrogens is 2. The van der Waals surface area contributed by atoms with Gasteiger partial charge in [-0.05, 0) is 85.8 Å². The van der Waals surface area contributed by atoms with E-state index >= 15 is 0 Å². The highest BCUT2D eigenvalue weighted by Crippen LogP contribution is 2.30. The van der Waals surface area contributed by atoms with Gasteiger partial charge in [0.1, 0.15) is 5.82 Å². The Morgan fingerprint density at radius 2 is 1.29 bits per heavy atom. The van der Waals surface area contributed by atoms with Crippen LogP contribution in [0.4, 0.5) is 32.0 Å². The van der Waals surface area contributed by atoms with Gasteiger partial charge in [0.15, 0.2) is 0 Å². The zero-order valence-corrected chi connectivity index (χ0v) is 21.8. The SMILES string of the molecule is C=c1[nH]c(-c2ccc(NC(=O)c3ccc(C(F)(F)F)cc3)cc2)n/c1=C/C(=C\C)NC(=O)c1ccc(C(F)(F)F)cc1. The fourth-order valence-corrected chi connectivity index (χ4v) is 3.76. The minimum Gasteiger partial charge on any atom is -0.338 e. The van der Waals surface area contributed by atoms with Crippen LogP contribution >= 0.6 is 0 Å². The number of aromatic amines is 1. The van der Waals surface area contributed by atoms with Crippen LogP contribution in [-0.2, 0) is 12.4 Å². The number of carbonyl (C=O) groups excluding carboxylic acids is 2. The van der Waals surface area contributed by atoms with Crippen LogP contribution in [0.5, 0.6) is 0 Å². The molecule has 0 saturated heterocycles. The number of amides is 2. The highest BCUT2D eigenvalue weighted by Gasteiger charge is 2.31. The summed E-state index contributed by atoms with van der Waals surface area (Å²) in [5, 5.41) is 6.06. The maximum absolute atomic E-state index is 12.8. The van der Waals surface area contributed by atoms with Crippen molar-refractivity contribution in [2.24, 2.45) is 0 Å². The number of anilines is 1. The molecule has 3 aromatic carbocycles. The lowest BCUT2D eigenvalue weighted by Crippen LogP contribution is -2.27. The fourth-order valence-electron chi connectivity index (χ4n) is 3.76. The van der Waals surface area contributed by atoms with Crippen LogP contribution in [-0.4, -0.2) is 21.8 Å². The van der Waals surface area contributed by atoms with E-state index < -0.39 is 35.3 Å². The average Bonchev–Trinajstić information content (AvgIpc) is 3.31. The molecule has 0 aliphatic carbocycles. The van der Waals surface area contributed by atoms with Gasteiger partial charge in [-0.15, -0.1) is 0 Å². The summed E-state index contributed by atoms with van der Waals surface area (Å²) >= 11 is 0. The summed E-state index contributed by atoms with van der Waals surface area (Å²) in [5.41, 5.74) is -0.251. The molecule has 216 valence electrons. The van der Waals surface area contributed by atoms with Crippen molar-refractivity contribution in [3.63, 3.8) is 0 Å². The van der Waals surface area contributed by atoms with Crippen molar-refractivity contribution < 1.29 is 35.9 Å². The Morgan fingerprint density at radius 1 is 0.786 bits per heavy atom. The van der Waals surface area contributed by atoms with Crippen LogP contribution in [0.2, 0.25) is 0 Å². The lowest BCUT2D eigenvalue weighted by atomic mass is 10.1. The molecule has 0 unspecified atom stereocenters. The first kappa shape index (κ1) is 29.8. The maximum atomic E-state index is 12.8. The average molecular weight is 585 g/mol. The van der Waals surface area contributed by atoms with Gasteiger partial charge in [-0.1, -0.05) is 12.7 Å². The number of rotatable bonds is 6. The molecule has 0 radical (unpaired) electrons. The van der Waals surface area contributed by atoms with E-state index in [1.807, 2.05) is 0 Å². The van der Waals surface area contributed by atoms with Crippen molar-refractivity contribution >= 4 is 30.2 Å². The Kier molecular flexibility index (Phi) is 8.36. The number of allylic oxidation sites excluding steroid dienone is 2. The highest BCUT2D eigenvalue weighted by molar-refractivity contribution is 6.04. The third-order valence-corrected chi connectivity index (χ3v) is 6.04. The van der Waals surface area contributed by atoms with E-state index in [4.69, 9.17) is 0 Å². The van der Waals surface area contributed by atoms with Crippen molar-refractivity contribution in [3.05, 3.63) is 118 Å². The summed E-state index contributed by atoms with van der Waals surface area (Å²) < 4.78 is 76.6. The number of nitrogens with one attached hydrogen (secondary N) is 3. The maximum Gasteiger partial charge on any atom is 0.416 e. The Balaban J connectivity index is 1.45. The molecule has 12 heteroatoms. The minimum atomic E-state index is -4.51. The highest BCUT2D eigenvalue weighted by atomic mass is 19.4. The molecule has 2 amide bonds. The van der Waals surface area contributed by atoms with Crippen molar-refractivity contribution in [3.8, 4) is 11.4 Å². The van der Waals surface area contributed by atoms with Crippen LogP contribution in [0.25, 0.3) is 24.0 Å². The molecular weight excluding hydrogens is 562 g/mol. The van der Waals surface area contributed by atoms with Gasteiger partial charge in [0.05, 0.1) is 21.8 Å². The second kappa shape index (κ2) is 11.8. The third kappa shape index (κ3) is 7.14. The van der Waals surface area contributed by atoms with Crippen molar-refractivity contribution in [1.29, 1.82) is 0 Å². The molecular formula is C30H22F6N4O2. The molecule has 0 bridgehead atoms. The van der Waals surface area contributed by atoms with E-state index in [1.54, 1.807) is 43.3 Å². The van der Waals surface area contributed by atoms with Crippen molar-refractivity contribution in [2.45, 2.75) is 19.3 Å². The first-order valence-electron chi connectivity index (χ1n) is 12.3. The van der Waals surface area contributed by atoms with Gasteiger partial charge in [0, 0.05) is 28.1 Å². The number of hydrogen-bond donors (Lipinski definition) is 3. The Morgan fingerprint density at radius 3 is 1.76 bits per heavy atom. The van der Waals surface area contributed by atoms with Crippen LogP contribution in [0.15, 0.2) is 84.6 Å². The van der Waals surface area contributed by atoms with E-state index in [0.29, 0.717) is 33.5 Å². The zero-order chi connectivity index (χ0) is 30.7. The van der Waals surface area contributed by atoms with Gasteiger partial charge < -0.3 is 15.6 Å². The second-order valence-corrected chi connectivity index (χ2v) is 8.97. The number of H-pyrrole nitrogens is 1. The van der Waals surface area contributed by atoms with Gasteiger partial charge in [0.2, 0.25) is 0 Å². The molecule has 0 aliphatic rings. The smallest absolute Gasteiger partial charge is 0.338 e. The number of carbonyl (C=O) groups is 2. The quantitative estimate of drug-likeness (QED) is 0.247. The number of benzene rings is 3. The third-order valence-electron chi connectivity index (χ3n) is 6.04. The summed E-state index contributed by atoms with van der Waals surface area (Å²) in [4.78, 5) is 32.5. The molecule has 6 nitrogen and oxygen atoms in total. The van der Waals surface area contributed by atoms with Gasteiger partial charge in [0.25, 0.3) is 11.8 Å². The summed E-state index contributed by atoms with van der Waals surface area (Å²) in [7, 11) is 0. The van der Waals surface area contributed by atoms with Crippen molar-refractivity contribution in [2.75, 3.05) is 5.32 Å². The number of alkyl halides is 6. The zero-order valence-electron chi connectivity index (χ0n) is 21.8. The summed E-state index contributed by atoms with van der Waals surface area (Å²) in [6.45, 7) is 5.57. The summed E-state index contributed by atoms with van der Waals surface area (Å²) in [6, 6.07) is 14.2. The number of hydrogen-bond acceptors (Lipinski definition) is 3. The molecule has 1 heterocycles. The van der Waals surface area contributed by atoms with Crippen LogP contribution in [0.3, 0.4) is 0 Å². The lowest BCUT2D eigenvalue weighted by molar-refractivity contribution is -0.138.